The van der Waals surface area contributed by atoms with Gasteiger partial charge in [0.15, 0.2) is 0 Å². The van der Waals surface area contributed by atoms with Crippen LogP contribution in [0, 0.1) is 6.92 Å². The van der Waals surface area contributed by atoms with Crippen LogP contribution in [-0.2, 0) is 6.42 Å². The number of hydrogen-bond acceptors (Lipinski definition) is 3. The summed E-state index contributed by atoms with van der Waals surface area (Å²) in [5.74, 6) is 0. The Balaban J connectivity index is 2.04. The van der Waals surface area contributed by atoms with E-state index in [-0.39, 0.29) is 5.63 Å². The fourth-order valence-electron chi connectivity index (χ4n) is 3.53. The molecule has 2 aromatic heterocycles. The zero-order valence-corrected chi connectivity index (χ0v) is 15.5. The fourth-order valence-corrected chi connectivity index (χ4v) is 3.66. The van der Waals surface area contributed by atoms with Gasteiger partial charge in [-0.05, 0) is 54.7 Å². The summed E-state index contributed by atoms with van der Waals surface area (Å²) in [6.07, 6.45) is 4.67. The predicted octanol–water partition coefficient (Wildman–Crippen LogP) is 6.51. The van der Waals surface area contributed by atoms with E-state index in [1.807, 2.05) is 37.3 Å². The minimum atomic E-state index is -0.313. The molecule has 0 aliphatic heterocycles. The van der Waals surface area contributed by atoms with Gasteiger partial charge in [-0.3, -0.25) is 0 Å². The lowest BCUT2D eigenvalue weighted by atomic mass is 9.97. The highest BCUT2D eigenvalue weighted by molar-refractivity contribution is 6.30. The lowest BCUT2D eigenvalue weighted by Crippen LogP contribution is -2.01. The number of benzene rings is 2. The van der Waals surface area contributed by atoms with Crippen LogP contribution in [0.15, 0.2) is 56.3 Å². The van der Waals surface area contributed by atoms with E-state index >= 15 is 0 Å². The highest BCUT2D eigenvalue weighted by Crippen LogP contribution is 2.38. The Bertz CT molecular complexity index is 1150. The monoisotopic (exact) mass is 366 g/mol. The van der Waals surface area contributed by atoms with E-state index in [2.05, 4.69) is 6.92 Å². The Kier molecular flexibility index (Phi) is 4.33. The van der Waals surface area contributed by atoms with Gasteiger partial charge in [0.25, 0.3) is 0 Å². The molecule has 0 radical (unpaired) electrons. The first-order valence-electron chi connectivity index (χ1n) is 8.82. The Morgan fingerprint density at radius 3 is 2.58 bits per heavy atom. The smallest absolute Gasteiger partial charge is 0.336 e. The standard InChI is InChI=1S/C22H19ClO3/c1-3-4-5-15-11-19(24)26-18-10-13(2)20-17(12-25-22(20)21(15)18)14-6-8-16(23)9-7-14/h6-12H,3-5H2,1-2H3. The molecule has 26 heavy (non-hydrogen) atoms. The van der Waals surface area contributed by atoms with Gasteiger partial charge < -0.3 is 8.83 Å². The average Bonchev–Trinajstić information content (AvgIpc) is 3.05. The quantitative estimate of drug-likeness (QED) is 0.386. The largest absolute Gasteiger partial charge is 0.463 e. The maximum atomic E-state index is 12.0. The Labute approximate surface area is 156 Å². The lowest BCUT2D eigenvalue weighted by Gasteiger charge is -2.08. The van der Waals surface area contributed by atoms with Crippen LogP contribution in [0.5, 0.6) is 0 Å². The lowest BCUT2D eigenvalue weighted by molar-refractivity contribution is 0.556. The Morgan fingerprint density at radius 2 is 1.85 bits per heavy atom. The first-order chi connectivity index (χ1) is 12.6. The van der Waals surface area contributed by atoms with Crippen LogP contribution in [0.4, 0.5) is 0 Å². The predicted molar refractivity (Wildman–Crippen MR) is 106 cm³/mol. The van der Waals surface area contributed by atoms with Crippen LogP contribution < -0.4 is 5.63 Å². The highest BCUT2D eigenvalue weighted by atomic mass is 35.5. The number of aryl methyl sites for hydroxylation is 2. The van der Waals surface area contributed by atoms with Crippen molar-refractivity contribution in [2.24, 2.45) is 0 Å². The zero-order valence-electron chi connectivity index (χ0n) is 14.8. The number of fused-ring (bicyclic) bond motifs is 3. The summed E-state index contributed by atoms with van der Waals surface area (Å²) < 4.78 is 11.5. The van der Waals surface area contributed by atoms with Crippen molar-refractivity contribution in [3.05, 3.63) is 69.2 Å². The van der Waals surface area contributed by atoms with Crippen molar-refractivity contribution in [1.29, 1.82) is 0 Å². The molecule has 0 saturated heterocycles. The van der Waals surface area contributed by atoms with E-state index < -0.39 is 0 Å². The minimum Gasteiger partial charge on any atom is -0.463 e. The molecule has 0 aliphatic rings. The van der Waals surface area contributed by atoms with Gasteiger partial charge in [0.2, 0.25) is 0 Å². The molecular formula is C22H19ClO3. The van der Waals surface area contributed by atoms with Crippen molar-refractivity contribution in [3.8, 4) is 11.1 Å². The number of rotatable bonds is 4. The molecule has 0 saturated carbocycles. The molecule has 3 nitrogen and oxygen atoms in total. The molecule has 0 fully saturated rings. The third kappa shape index (κ3) is 2.82. The summed E-state index contributed by atoms with van der Waals surface area (Å²) in [6.45, 7) is 4.15. The Morgan fingerprint density at radius 1 is 1.08 bits per heavy atom. The van der Waals surface area contributed by atoms with E-state index in [1.165, 1.54) is 0 Å². The molecule has 0 atom stereocenters. The van der Waals surface area contributed by atoms with Crippen molar-refractivity contribution in [2.45, 2.75) is 33.1 Å². The van der Waals surface area contributed by atoms with E-state index in [0.29, 0.717) is 10.6 Å². The third-order valence-electron chi connectivity index (χ3n) is 4.79. The van der Waals surface area contributed by atoms with E-state index in [9.17, 15) is 4.79 Å². The first-order valence-corrected chi connectivity index (χ1v) is 9.19. The van der Waals surface area contributed by atoms with Gasteiger partial charge in [0, 0.05) is 22.0 Å². The maximum Gasteiger partial charge on any atom is 0.336 e. The van der Waals surface area contributed by atoms with Gasteiger partial charge in [-0.25, -0.2) is 4.79 Å². The second kappa shape index (κ2) is 6.65. The maximum absolute atomic E-state index is 12.0. The number of unbranched alkanes of at least 4 members (excludes halogenated alkanes) is 1. The van der Waals surface area contributed by atoms with E-state index in [0.717, 1.165) is 57.9 Å². The number of halogens is 1. The molecule has 0 N–H and O–H groups in total. The molecule has 4 aromatic rings. The number of furan rings is 1. The van der Waals surface area contributed by atoms with Crippen LogP contribution in [-0.4, -0.2) is 0 Å². The molecule has 0 spiro atoms. The second-order valence-electron chi connectivity index (χ2n) is 6.62. The van der Waals surface area contributed by atoms with Crippen LogP contribution in [0.2, 0.25) is 5.02 Å². The SMILES string of the molecule is CCCCc1cc(=O)oc2cc(C)c3c(-c4ccc(Cl)cc4)coc3c12. The summed E-state index contributed by atoms with van der Waals surface area (Å²) in [5.41, 5.74) is 5.12. The molecule has 2 aromatic carbocycles. The van der Waals surface area contributed by atoms with E-state index in [1.54, 1.807) is 12.3 Å². The van der Waals surface area contributed by atoms with Gasteiger partial charge in [0.05, 0.1) is 11.6 Å². The van der Waals surface area contributed by atoms with Crippen molar-refractivity contribution >= 4 is 33.5 Å². The van der Waals surface area contributed by atoms with Crippen molar-refractivity contribution in [2.75, 3.05) is 0 Å². The molecular weight excluding hydrogens is 348 g/mol. The summed E-state index contributed by atoms with van der Waals surface area (Å²) in [4.78, 5) is 12.0. The second-order valence-corrected chi connectivity index (χ2v) is 7.06. The third-order valence-corrected chi connectivity index (χ3v) is 5.04. The average molecular weight is 367 g/mol. The molecule has 0 amide bonds. The van der Waals surface area contributed by atoms with Crippen LogP contribution in [0.1, 0.15) is 30.9 Å². The van der Waals surface area contributed by atoms with E-state index in [4.69, 9.17) is 20.4 Å². The molecule has 132 valence electrons. The first kappa shape index (κ1) is 16.9. The minimum absolute atomic E-state index is 0.313. The van der Waals surface area contributed by atoms with Crippen molar-refractivity contribution in [3.63, 3.8) is 0 Å². The molecule has 4 heteroatoms. The Hall–Kier alpha value is -2.52. The molecule has 2 heterocycles. The summed E-state index contributed by atoms with van der Waals surface area (Å²) in [5, 5.41) is 2.65. The molecule has 0 aliphatic carbocycles. The molecule has 4 rings (SSSR count). The fraction of sp³-hybridized carbons (Fsp3) is 0.227. The summed E-state index contributed by atoms with van der Waals surface area (Å²) in [7, 11) is 0. The van der Waals surface area contributed by atoms with Gasteiger partial charge in [0.1, 0.15) is 11.2 Å². The topological polar surface area (TPSA) is 43.4 Å². The normalized spacial score (nSPS) is 11.5. The number of hydrogen-bond donors (Lipinski definition) is 0. The van der Waals surface area contributed by atoms with Crippen LogP contribution in [0.3, 0.4) is 0 Å². The van der Waals surface area contributed by atoms with Gasteiger partial charge in [-0.1, -0.05) is 37.1 Å². The van der Waals surface area contributed by atoms with Gasteiger partial charge in [-0.15, -0.1) is 0 Å². The van der Waals surface area contributed by atoms with Crippen LogP contribution in [0.25, 0.3) is 33.1 Å². The molecule has 0 unspecified atom stereocenters. The van der Waals surface area contributed by atoms with Crippen molar-refractivity contribution < 1.29 is 8.83 Å². The van der Waals surface area contributed by atoms with Gasteiger partial charge >= 0.3 is 5.63 Å². The van der Waals surface area contributed by atoms with Gasteiger partial charge in [-0.2, -0.15) is 0 Å². The highest BCUT2D eigenvalue weighted by Gasteiger charge is 2.18. The summed E-state index contributed by atoms with van der Waals surface area (Å²) >= 11 is 6.02. The van der Waals surface area contributed by atoms with Crippen LogP contribution >= 0.6 is 11.6 Å². The zero-order chi connectivity index (χ0) is 18.3. The van der Waals surface area contributed by atoms with Crippen molar-refractivity contribution in [1.82, 2.24) is 0 Å². The molecule has 0 bridgehead atoms. The summed E-state index contributed by atoms with van der Waals surface area (Å²) in [6, 6.07) is 11.2.